The van der Waals surface area contributed by atoms with Crippen LogP contribution in [0.5, 0.6) is 0 Å². The van der Waals surface area contributed by atoms with Crippen LogP contribution in [0.2, 0.25) is 5.02 Å². The fourth-order valence-electron chi connectivity index (χ4n) is 3.08. The molecule has 27 heavy (non-hydrogen) atoms. The van der Waals surface area contributed by atoms with Gasteiger partial charge >= 0.3 is 0 Å². The number of carbonyl (C=O) groups is 1. The molecular weight excluding hydrogens is 391 g/mol. The van der Waals surface area contributed by atoms with Crippen molar-refractivity contribution < 1.29 is 13.4 Å². The zero-order valence-electron chi connectivity index (χ0n) is 14.1. The van der Waals surface area contributed by atoms with Gasteiger partial charge in [0, 0.05) is 28.2 Å². The maximum Gasteiger partial charge on any atom is 0.274 e. The predicted octanol–water partition coefficient (Wildman–Crippen LogP) is 2.82. The predicted molar refractivity (Wildman–Crippen MR) is 103 cm³/mol. The Balaban J connectivity index is 1.59. The summed E-state index contributed by atoms with van der Waals surface area (Å²) in [4.78, 5) is 20.6. The number of pyridine rings is 1. The number of aromatic nitrogens is 1. The molecule has 1 amide bonds. The standard InChI is InChI=1S/C18H16ClFN4O2S/c19-10-1-4-14(22-8-10)16(25)23-11-2-3-13(20)12(7-11)15-9-27(26)18(5-6-18)17(21)24-15/h1-4,7-8,15H,5-6,9H2,(H2,21,24)(H,23,25). The van der Waals surface area contributed by atoms with Crippen molar-refractivity contribution in [1.29, 1.82) is 0 Å². The van der Waals surface area contributed by atoms with Gasteiger partial charge in [0.2, 0.25) is 0 Å². The first kappa shape index (κ1) is 18.1. The number of nitrogens with one attached hydrogen (secondary N) is 1. The summed E-state index contributed by atoms with van der Waals surface area (Å²) in [5.74, 6) is -0.385. The molecule has 2 heterocycles. The summed E-state index contributed by atoms with van der Waals surface area (Å²) in [5, 5.41) is 3.09. The highest BCUT2D eigenvalue weighted by atomic mass is 35.5. The van der Waals surface area contributed by atoms with Crippen molar-refractivity contribution in [2.75, 3.05) is 11.1 Å². The van der Waals surface area contributed by atoms with E-state index in [1.807, 2.05) is 0 Å². The van der Waals surface area contributed by atoms with Crippen LogP contribution in [0.15, 0.2) is 41.5 Å². The monoisotopic (exact) mass is 406 g/mol. The van der Waals surface area contributed by atoms with Crippen LogP contribution < -0.4 is 11.1 Å². The van der Waals surface area contributed by atoms with E-state index in [0.717, 1.165) is 12.8 Å². The second kappa shape index (κ2) is 6.69. The molecule has 0 radical (unpaired) electrons. The number of hydrogen-bond acceptors (Lipinski definition) is 5. The number of amides is 1. The fourth-order valence-corrected chi connectivity index (χ4v) is 4.90. The minimum Gasteiger partial charge on any atom is -0.386 e. The van der Waals surface area contributed by atoms with Gasteiger partial charge in [0.05, 0.1) is 16.8 Å². The number of hydrogen-bond donors (Lipinski definition) is 2. The van der Waals surface area contributed by atoms with Crippen molar-refractivity contribution >= 4 is 39.8 Å². The Labute approximate surface area is 162 Å². The Morgan fingerprint density at radius 3 is 2.74 bits per heavy atom. The maximum atomic E-state index is 14.4. The highest BCUT2D eigenvalue weighted by Gasteiger charge is 2.55. The Hall–Kier alpha value is -2.32. The summed E-state index contributed by atoms with van der Waals surface area (Å²) in [7, 11) is -1.19. The van der Waals surface area contributed by atoms with Crippen molar-refractivity contribution in [2.24, 2.45) is 10.7 Å². The van der Waals surface area contributed by atoms with Crippen LogP contribution in [-0.2, 0) is 10.8 Å². The lowest BCUT2D eigenvalue weighted by atomic mass is 10.1. The third kappa shape index (κ3) is 3.35. The van der Waals surface area contributed by atoms with E-state index < -0.39 is 33.3 Å². The van der Waals surface area contributed by atoms with Crippen molar-refractivity contribution in [2.45, 2.75) is 23.6 Å². The zero-order chi connectivity index (χ0) is 19.2. The molecule has 1 aliphatic heterocycles. The Kier molecular flexibility index (Phi) is 4.47. The van der Waals surface area contributed by atoms with E-state index in [0.29, 0.717) is 16.5 Å². The van der Waals surface area contributed by atoms with Crippen molar-refractivity contribution in [3.05, 3.63) is 58.6 Å². The lowest BCUT2D eigenvalue weighted by molar-refractivity contribution is 0.102. The fraction of sp³-hybridized carbons (Fsp3) is 0.278. The van der Waals surface area contributed by atoms with Gasteiger partial charge in [-0.25, -0.2) is 9.37 Å². The van der Waals surface area contributed by atoms with Gasteiger partial charge in [-0.3, -0.25) is 14.0 Å². The van der Waals surface area contributed by atoms with Gasteiger partial charge in [-0.05, 0) is 43.2 Å². The molecule has 9 heteroatoms. The highest BCUT2D eigenvalue weighted by Crippen LogP contribution is 2.46. The molecule has 6 nitrogen and oxygen atoms in total. The average molecular weight is 407 g/mol. The Morgan fingerprint density at radius 2 is 2.11 bits per heavy atom. The first-order valence-electron chi connectivity index (χ1n) is 8.34. The third-order valence-corrected chi connectivity index (χ3v) is 7.11. The lowest BCUT2D eigenvalue weighted by Crippen LogP contribution is -2.41. The second-order valence-electron chi connectivity index (χ2n) is 6.59. The number of nitrogens with two attached hydrogens (primary N) is 1. The quantitative estimate of drug-likeness (QED) is 0.818. The zero-order valence-corrected chi connectivity index (χ0v) is 15.7. The van der Waals surface area contributed by atoms with E-state index >= 15 is 0 Å². The van der Waals surface area contributed by atoms with Crippen LogP contribution in [0.25, 0.3) is 0 Å². The first-order valence-corrected chi connectivity index (χ1v) is 10.0. The topological polar surface area (TPSA) is 97.4 Å². The minimum atomic E-state index is -1.19. The highest BCUT2D eigenvalue weighted by molar-refractivity contribution is 7.87. The van der Waals surface area contributed by atoms with Crippen LogP contribution in [0, 0.1) is 5.82 Å². The molecule has 1 aromatic carbocycles. The Bertz CT molecular complexity index is 976. The summed E-state index contributed by atoms with van der Waals surface area (Å²) in [6, 6.07) is 6.60. The van der Waals surface area contributed by atoms with Gasteiger partial charge < -0.3 is 11.1 Å². The molecule has 1 saturated carbocycles. The molecule has 2 unspecified atom stereocenters. The normalized spacial score (nSPS) is 23.0. The van der Waals surface area contributed by atoms with E-state index in [4.69, 9.17) is 17.3 Å². The van der Waals surface area contributed by atoms with Gasteiger partial charge in [0.1, 0.15) is 22.1 Å². The number of amidine groups is 1. The molecule has 4 rings (SSSR count). The van der Waals surface area contributed by atoms with Gasteiger partial charge in [-0.2, -0.15) is 0 Å². The van der Waals surface area contributed by atoms with E-state index in [1.165, 1.54) is 30.5 Å². The number of aliphatic imine (C=N–C) groups is 1. The minimum absolute atomic E-state index is 0.182. The number of halogens is 2. The van der Waals surface area contributed by atoms with Crippen molar-refractivity contribution in [3.63, 3.8) is 0 Å². The van der Waals surface area contributed by atoms with Gasteiger partial charge in [-0.1, -0.05) is 11.6 Å². The number of rotatable bonds is 3. The molecule has 140 valence electrons. The van der Waals surface area contributed by atoms with Crippen molar-refractivity contribution in [1.82, 2.24) is 4.98 Å². The first-order chi connectivity index (χ1) is 12.9. The summed E-state index contributed by atoms with van der Waals surface area (Å²) in [5.41, 5.74) is 6.82. The average Bonchev–Trinajstić information content (AvgIpc) is 3.44. The SMILES string of the molecule is NC1=NC(c2cc(NC(=O)c3ccc(Cl)cn3)ccc2F)CS(=O)C12CC2. The molecule has 1 spiro atoms. The largest absolute Gasteiger partial charge is 0.386 e. The molecule has 1 fully saturated rings. The van der Waals surface area contributed by atoms with Crippen LogP contribution in [0.1, 0.15) is 34.9 Å². The molecule has 2 atom stereocenters. The summed E-state index contributed by atoms with van der Waals surface area (Å²) in [6.07, 6.45) is 2.89. The summed E-state index contributed by atoms with van der Waals surface area (Å²) >= 11 is 5.77. The molecule has 2 aliphatic rings. The number of carbonyl (C=O) groups excluding carboxylic acids is 1. The van der Waals surface area contributed by atoms with Gasteiger partial charge in [0.25, 0.3) is 5.91 Å². The summed E-state index contributed by atoms with van der Waals surface area (Å²) in [6.45, 7) is 0. The van der Waals surface area contributed by atoms with E-state index in [9.17, 15) is 13.4 Å². The molecule has 1 aliphatic carbocycles. The smallest absolute Gasteiger partial charge is 0.274 e. The summed E-state index contributed by atoms with van der Waals surface area (Å²) < 4.78 is 26.4. The van der Waals surface area contributed by atoms with Crippen LogP contribution >= 0.6 is 11.6 Å². The van der Waals surface area contributed by atoms with E-state index in [-0.39, 0.29) is 17.0 Å². The lowest BCUT2D eigenvalue weighted by Gasteiger charge is -2.25. The van der Waals surface area contributed by atoms with Crippen LogP contribution in [-0.4, -0.2) is 31.4 Å². The van der Waals surface area contributed by atoms with E-state index in [1.54, 1.807) is 6.07 Å². The van der Waals surface area contributed by atoms with Gasteiger partial charge in [0.15, 0.2) is 0 Å². The second-order valence-corrected chi connectivity index (χ2v) is 8.83. The maximum absolute atomic E-state index is 14.4. The number of anilines is 1. The molecule has 1 aromatic heterocycles. The third-order valence-electron chi connectivity index (χ3n) is 4.78. The molecule has 0 bridgehead atoms. The van der Waals surface area contributed by atoms with Crippen molar-refractivity contribution in [3.8, 4) is 0 Å². The molecule has 3 N–H and O–H groups in total. The van der Waals surface area contributed by atoms with Crippen LogP contribution in [0.3, 0.4) is 0 Å². The molecule has 2 aromatic rings. The Morgan fingerprint density at radius 1 is 1.33 bits per heavy atom. The molecular formula is C18H16ClFN4O2S. The van der Waals surface area contributed by atoms with E-state index in [2.05, 4.69) is 15.3 Å². The van der Waals surface area contributed by atoms with Crippen LogP contribution in [0.4, 0.5) is 10.1 Å². The number of nitrogens with zero attached hydrogens (tertiary/aromatic N) is 2. The van der Waals surface area contributed by atoms with Gasteiger partial charge in [-0.15, -0.1) is 0 Å². The molecule has 0 saturated heterocycles. The number of benzene rings is 1.